The topological polar surface area (TPSA) is 58.4 Å². The molecular formula is C10H15N3O. The summed E-state index contributed by atoms with van der Waals surface area (Å²) in [6.45, 7) is 0.310. The molecule has 1 amide bonds. The monoisotopic (exact) mass is 193 g/mol. The van der Waals surface area contributed by atoms with Crippen LogP contribution in [0.15, 0.2) is 24.3 Å². The Bertz CT molecular complexity index is 325. The molecule has 0 saturated carbocycles. The maximum atomic E-state index is 11.1. The molecule has 0 aromatic heterocycles. The van der Waals surface area contributed by atoms with Gasteiger partial charge in [-0.25, -0.2) is 0 Å². The van der Waals surface area contributed by atoms with E-state index >= 15 is 0 Å². The molecule has 0 atom stereocenters. The van der Waals surface area contributed by atoms with Gasteiger partial charge in [0.15, 0.2) is 0 Å². The van der Waals surface area contributed by atoms with Gasteiger partial charge in [-0.3, -0.25) is 4.79 Å². The Kier molecular flexibility index (Phi) is 3.34. The normalized spacial score (nSPS) is 9.57. The average molecular weight is 193 g/mol. The molecule has 0 aliphatic heterocycles. The Morgan fingerprint density at radius 1 is 1.50 bits per heavy atom. The molecule has 0 aliphatic carbocycles. The molecule has 3 N–H and O–H groups in total. The van der Waals surface area contributed by atoms with Gasteiger partial charge in [0.2, 0.25) is 5.91 Å². The molecule has 1 rings (SSSR count). The zero-order valence-electron chi connectivity index (χ0n) is 8.45. The number of carbonyl (C=O) groups excluding carboxylic acids is 1. The standard InChI is InChI=1S/C10H15N3O/c1-12-10(14)7-13(2)9-6-4-3-5-8(9)11/h3-6H,7,11H2,1-2H3,(H,12,14). The molecule has 0 unspecified atom stereocenters. The molecule has 4 nitrogen and oxygen atoms in total. The van der Waals surface area contributed by atoms with Gasteiger partial charge in [-0.05, 0) is 12.1 Å². The third kappa shape index (κ3) is 2.39. The first kappa shape index (κ1) is 10.4. The largest absolute Gasteiger partial charge is 0.397 e. The fourth-order valence-electron chi connectivity index (χ4n) is 1.21. The van der Waals surface area contributed by atoms with E-state index in [2.05, 4.69) is 5.32 Å². The van der Waals surface area contributed by atoms with Crippen LogP contribution in [0.2, 0.25) is 0 Å². The number of hydrogen-bond acceptors (Lipinski definition) is 3. The number of amides is 1. The molecule has 1 aromatic carbocycles. The van der Waals surface area contributed by atoms with Crippen LogP contribution in [0.1, 0.15) is 0 Å². The molecule has 0 bridgehead atoms. The first-order valence-electron chi connectivity index (χ1n) is 4.41. The summed E-state index contributed by atoms with van der Waals surface area (Å²) in [5, 5.41) is 2.56. The molecule has 76 valence electrons. The molecule has 0 aliphatic rings. The number of nitrogens with one attached hydrogen (secondary N) is 1. The van der Waals surface area contributed by atoms with E-state index < -0.39 is 0 Å². The van der Waals surface area contributed by atoms with E-state index in [1.54, 1.807) is 7.05 Å². The van der Waals surface area contributed by atoms with E-state index in [1.807, 2.05) is 36.2 Å². The van der Waals surface area contributed by atoms with E-state index in [0.717, 1.165) is 5.69 Å². The van der Waals surface area contributed by atoms with Crippen molar-refractivity contribution >= 4 is 17.3 Å². The smallest absolute Gasteiger partial charge is 0.239 e. The minimum atomic E-state index is -0.0317. The van der Waals surface area contributed by atoms with Crippen molar-refractivity contribution in [2.45, 2.75) is 0 Å². The van der Waals surface area contributed by atoms with E-state index in [1.165, 1.54) is 0 Å². The second-order valence-corrected chi connectivity index (χ2v) is 3.09. The van der Waals surface area contributed by atoms with Gasteiger partial charge in [0.25, 0.3) is 0 Å². The molecule has 0 fully saturated rings. The maximum Gasteiger partial charge on any atom is 0.239 e. The maximum absolute atomic E-state index is 11.1. The van der Waals surface area contributed by atoms with Gasteiger partial charge in [-0.1, -0.05) is 12.1 Å². The van der Waals surface area contributed by atoms with Crippen LogP contribution in [0.5, 0.6) is 0 Å². The number of anilines is 2. The van der Waals surface area contributed by atoms with E-state index in [4.69, 9.17) is 5.73 Å². The molecule has 0 radical (unpaired) electrons. The highest BCUT2D eigenvalue weighted by Crippen LogP contribution is 2.20. The third-order valence-corrected chi connectivity index (χ3v) is 2.01. The molecule has 0 spiro atoms. The van der Waals surface area contributed by atoms with Gasteiger partial charge >= 0.3 is 0 Å². The Balaban J connectivity index is 2.74. The number of rotatable bonds is 3. The number of carbonyl (C=O) groups is 1. The van der Waals surface area contributed by atoms with Gasteiger partial charge in [0.05, 0.1) is 17.9 Å². The highest BCUT2D eigenvalue weighted by molar-refractivity contribution is 5.82. The zero-order chi connectivity index (χ0) is 10.6. The van der Waals surface area contributed by atoms with Crippen molar-refractivity contribution in [3.8, 4) is 0 Å². The quantitative estimate of drug-likeness (QED) is 0.685. The summed E-state index contributed by atoms with van der Waals surface area (Å²) in [4.78, 5) is 12.9. The zero-order valence-corrected chi connectivity index (χ0v) is 8.45. The summed E-state index contributed by atoms with van der Waals surface area (Å²) in [5.74, 6) is -0.0317. The van der Waals surface area contributed by atoms with E-state index in [0.29, 0.717) is 12.2 Å². The van der Waals surface area contributed by atoms with Crippen molar-refractivity contribution in [2.75, 3.05) is 31.3 Å². The minimum absolute atomic E-state index is 0.0317. The summed E-state index contributed by atoms with van der Waals surface area (Å²) in [6.07, 6.45) is 0. The van der Waals surface area contributed by atoms with E-state index in [-0.39, 0.29) is 5.91 Å². The lowest BCUT2D eigenvalue weighted by Crippen LogP contribution is -2.33. The summed E-state index contributed by atoms with van der Waals surface area (Å²) in [5.41, 5.74) is 7.32. The van der Waals surface area contributed by atoms with Crippen LogP contribution in [-0.2, 0) is 4.79 Å². The van der Waals surface area contributed by atoms with Crippen LogP contribution in [-0.4, -0.2) is 26.5 Å². The van der Waals surface area contributed by atoms with Crippen LogP contribution in [0, 0.1) is 0 Å². The van der Waals surface area contributed by atoms with Gasteiger partial charge in [-0.15, -0.1) is 0 Å². The van der Waals surface area contributed by atoms with Crippen molar-refractivity contribution in [1.82, 2.24) is 5.32 Å². The summed E-state index contributed by atoms with van der Waals surface area (Å²) in [6, 6.07) is 7.46. The van der Waals surface area contributed by atoms with Gasteiger partial charge < -0.3 is 16.0 Å². The van der Waals surface area contributed by atoms with E-state index in [9.17, 15) is 4.79 Å². The fourth-order valence-corrected chi connectivity index (χ4v) is 1.21. The lowest BCUT2D eigenvalue weighted by molar-refractivity contribution is -0.119. The van der Waals surface area contributed by atoms with Crippen LogP contribution in [0.3, 0.4) is 0 Å². The molecule has 0 saturated heterocycles. The minimum Gasteiger partial charge on any atom is -0.397 e. The SMILES string of the molecule is CNC(=O)CN(C)c1ccccc1N. The molecular weight excluding hydrogens is 178 g/mol. The molecule has 4 heteroatoms. The summed E-state index contributed by atoms with van der Waals surface area (Å²) >= 11 is 0. The predicted molar refractivity (Wildman–Crippen MR) is 58.2 cm³/mol. The molecule has 1 aromatic rings. The van der Waals surface area contributed by atoms with Gasteiger partial charge in [0.1, 0.15) is 0 Å². The third-order valence-electron chi connectivity index (χ3n) is 2.01. The predicted octanol–water partition coefficient (Wildman–Crippen LogP) is 0.451. The van der Waals surface area contributed by atoms with Crippen molar-refractivity contribution in [1.29, 1.82) is 0 Å². The fraction of sp³-hybridized carbons (Fsp3) is 0.300. The lowest BCUT2D eigenvalue weighted by atomic mass is 10.2. The number of likely N-dealkylation sites (N-methyl/N-ethyl adjacent to an activating group) is 2. The average Bonchev–Trinajstić information content (AvgIpc) is 2.18. The number of benzene rings is 1. The second-order valence-electron chi connectivity index (χ2n) is 3.09. The van der Waals surface area contributed by atoms with Crippen LogP contribution in [0.4, 0.5) is 11.4 Å². The van der Waals surface area contributed by atoms with Crippen LogP contribution >= 0.6 is 0 Å². The van der Waals surface area contributed by atoms with Crippen molar-refractivity contribution in [2.24, 2.45) is 0 Å². The Labute approximate surface area is 83.7 Å². The number of nitrogens with two attached hydrogens (primary N) is 1. The summed E-state index contributed by atoms with van der Waals surface area (Å²) in [7, 11) is 3.45. The molecule has 0 heterocycles. The summed E-state index contributed by atoms with van der Waals surface area (Å²) < 4.78 is 0. The van der Waals surface area contributed by atoms with Crippen molar-refractivity contribution < 1.29 is 4.79 Å². The Morgan fingerprint density at radius 3 is 2.71 bits per heavy atom. The number of para-hydroxylation sites is 2. The van der Waals surface area contributed by atoms with Crippen molar-refractivity contribution in [3.63, 3.8) is 0 Å². The first-order chi connectivity index (χ1) is 6.65. The second kappa shape index (κ2) is 4.50. The molecule has 14 heavy (non-hydrogen) atoms. The van der Waals surface area contributed by atoms with Crippen LogP contribution < -0.4 is 16.0 Å². The Morgan fingerprint density at radius 2 is 2.14 bits per heavy atom. The lowest BCUT2D eigenvalue weighted by Gasteiger charge is -2.19. The first-order valence-corrected chi connectivity index (χ1v) is 4.41. The van der Waals surface area contributed by atoms with Crippen LogP contribution in [0.25, 0.3) is 0 Å². The highest BCUT2D eigenvalue weighted by Gasteiger charge is 2.07. The van der Waals surface area contributed by atoms with Crippen molar-refractivity contribution in [3.05, 3.63) is 24.3 Å². The van der Waals surface area contributed by atoms with Gasteiger partial charge in [-0.2, -0.15) is 0 Å². The van der Waals surface area contributed by atoms with Gasteiger partial charge in [0, 0.05) is 14.1 Å². The number of nitrogen functional groups attached to an aromatic ring is 1. The highest BCUT2D eigenvalue weighted by atomic mass is 16.1. The number of nitrogens with zero attached hydrogens (tertiary/aromatic N) is 1. The number of hydrogen-bond donors (Lipinski definition) is 2. The Hall–Kier alpha value is -1.71.